The Kier molecular flexibility index (Phi) is 5.28. The maximum absolute atomic E-state index is 12.0. The van der Waals surface area contributed by atoms with Crippen LogP contribution >= 0.6 is 11.8 Å². The number of hydrogen-bond donors (Lipinski definition) is 0. The molecule has 2 rings (SSSR count). The molecule has 0 aromatic heterocycles. The summed E-state index contributed by atoms with van der Waals surface area (Å²) in [6.07, 6.45) is 0.444. The van der Waals surface area contributed by atoms with Gasteiger partial charge in [-0.15, -0.1) is 0 Å². The summed E-state index contributed by atoms with van der Waals surface area (Å²) in [7, 11) is 0. The van der Waals surface area contributed by atoms with Crippen LogP contribution in [0.15, 0.2) is 24.3 Å². The largest absolute Gasteiger partial charge is 0.491 e. The molecule has 1 aromatic carbocycles. The molecule has 2 atom stereocenters. The van der Waals surface area contributed by atoms with Gasteiger partial charge in [-0.05, 0) is 26.0 Å². The van der Waals surface area contributed by atoms with Crippen molar-refractivity contribution in [1.29, 1.82) is 0 Å². The number of aryl methyl sites for hydroxylation is 1. The maximum Gasteiger partial charge on any atom is 0.224 e. The number of nitrogens with zero attached hydrogens (tertiary/aromatic N) is 1. The lowest BCUT2D eigenvalue weighted by atomic mass is 10.2. The number of thioether (sulfide) groups is 1. The first-order valence-corrected chi connectivity index (χ1v) is 8.00. The molecule has 4 nitrogen and oxygen atoms in total. The maximum atomic E-state index is 12.0. The molecule has 1 fully saturated rings. The highest BCUT2D eigenvalue weighted by Crippen LogP contribution is 2.26. The van der Waals surface area contributed by atoms with E-state index in [1.54, 1.807) is 6.92 Å². The lowest BCUT2D eigenvalue weighted by Gasteiger charge is -2.24. The van der Waals surface area contributed by atoms with Crippen molar-refractivity contribution in [2.45, 2.75) is 38.5 Å². The van der Waals surface area contributed by atoms with Crippen LogP contribution in [0.3, 0.4) is 0 Å². The van der Waals surface area contributed by atoms with E-state index in [0.29, 0.717) is 19.6 Å². The molecule has 5 heteroatoms. The fraction of sp³-hybridized carbons (Fsp3) is 0.500. The molecule has 0 bridgehead atoms. The molecule has 1 saturated heterocycles. The van der Waals surface area contributed by atoms with Crippen LogP contribution in [0.1, 0.15) is 25.8 Å². The van der Waals surface area contributed by atoms with Gasteiger partial charge in [0.05, 0.1) is 6.04 Å². The molecule has 21 heavy (non-hydrogen) atoms. The van der Waals surface area contributed by atoms with E-state index in [0.717, 1.165) is 5.75 Å². The number of ether oxygens (including phenoxy) is 1. The van der Waals surface area contributed by atoms with Crippen LogP contribution in [0.5, 0.6) is 5.75 Å². The number of benzene rings is 1. The van der Waals surface area contributed by atoms with Crippen molar-refractivity contribution in [2.75, 3.05) is 13.2 Å². The molecular weight excluding hydrogens is 286 g/mol. The zero-order chi connectivity index (χ0) is 15.4. The smallest absolute Gasteiger partial charge is 0.224 e. The van der Waals surface area contributed by atoms with E-state index < -0.39 is 0 Å². The van der Waals surface area contributed by atoms with Gasteiger partial charge in [0, 0.05) is 25.1 Å². The van der Waals surface area contributed by atoms with Gasteiger partial charge in [-0.2, -0.15) is 0 Å². The number of rotatable bonds is 5. The topological polar surface area (TPSA) is 46.6 Å². The summed E-state index contributed by atoms with van der Waals surface area (Å²) in [5.74, 6) is 0.919. The van der Waals surface area contributed by atoms with Crippen molar-refractivity contribution in [2.24, 2.45) is 0 Å². The van der Waals surface area contributed by atoms with E-state index in [4.69, 9.17) is 4.74 Å². The van der Waals surface area contributed by atoms with Crippen LogP contribution in [0, 0.1) is 6.92 Å². The molecule has 0 aliphatic carbocycles. The number of likely N-dealkylation sites (tertiary alicyclic amines) is 1. The Hall–Kier alpha value is -1.49. The average molecular weight is 307 g/mol. The Morgan fingerprint density at radius 1 is 1.43 bits per heavy atom. The fourth-order valence-electron chi connectivity index (χ4n) is 2.38. The Morgan fingerprint density at radius 2 is 2.10 bits per heavy atom. The zero-order valence-electron chi connectivity index (χ0n) is 12.7. The summed E-state index contributed by atoms with van der Waals surface area (Å²) < 4.78 is 5.73. The Balaban J connectivity index is 1.85. The second-order valence-electron chi connectivity index (χ2n) is 5.45. The summed E-state index contributed by atoms with van der Waals surface area (Å²) in [6, 6.07) is 7.88. The van der Waals surface area contributed by atoms with Crippen molar-refractivity contribution in [3.63, 3.8) is 0 Å². The van der Waals surface area contributed by atoms with Crippen LogP contribution in [-0.2, 0) is 9.59 Å². The third-order valence-electron chi connectivity index (χ3n) is 3.50. The number of amides is 1. The van der Waals surface area contributed by atoms with Crippen LogP contribution in [0.2, 0.25) is 0 Å². The molecule has 0 saturated carbocycles. The van der Waals surface area contributed by atoms with Gasteiger partial charge in [0.2, 0.25) is 5.91 Å². The molecule has 1 amide bonds. The molecule has 1 heterocycles. The van der Waals surface area contributed by atoms with Gasteiger partial charge < -0.3 is 9.64 Å². The van der Waals surface area contributed by atoms with E-state index in [2.05, 4.69) is 0 Å². The Bertz CT molecular complexity index is 515. The van der Waals surface area contributed by atoms with Crippen molar-refractivity contribution in [3.05, 3.63) is 29.8 Å². The van der Waals surface area contributed by atoms with Gasteiger partial charge in [-0.1, -0.05) is 29.5 Å². The van der Waals surface area contributed by atoms with Crippen LogP contribution in [-0.4, -0.2) is 40.4 Å². The SMILES string of the molecule is CC(=O)SC1CC(=O)N(C(C)COc2ccc(C)cc2)C1. The summed E-state index contributed by atoms with van der Waals surface area (Å²) >= 11 is 1.26. The van der Waals surface area contributed by atoms with E-state index in [-0.39, 0.29) is 22.3 Å². The van der Waals surface area contributed by atoms with E-state index in [1.807, 2.05) is 43.0 Å². The summed E-state index contributed by atoms with van der Waals surface area (Å²) in [5.41, 5.74) is 1.19. The standard InChI is InChI=1S/C16H21NO3S/c1-11-4-6-14(7-5-11)20-10-12(2)17-9-15(8-16(17)19)21-13(3)18/h4-7,12,15H,8-10H2,1-3H3. The van der Waals surface area contributed by atoms with Crippen LogP contribution in [0.25, 0.3) is 0 Å². The molecule has 0 radical (unpaired) electrons. The first-order valence-electron chi connectivity index (χ1n) is 7.12. The Labute approximate surface area is 129 Å². The minimum Gasteiger partial charge on any atom is -0.491 e. The van der Waals surface area contributed by atoms with E-state index in [9.17, 15) is 9.59 Å². The van der Waals surface area contributed by atoms with Crippen molar-refractivity contribution >= 4 is 22.8 Å². The fourth-order valence-corrected chi connectivity index (χ4v) is 3.31. The van der Waals surface area contributed by atoms with Gasteiger partial charge >= 0.3 is 0 Å². The number of carbonyl (C=O) groups is 2. The van der Waals surface area contributed by atoms with Gasteiger partial charge in [-0.25, -0.2) is 0 Å². The van der Waals surface area contributed by atoms with Crippen LogP contribution < -0.4 is 4.74 Å². The monoisotopic (exact) mass is 307 g/mol. The third-order valence-corrected chi connectivity index (χ3v) is 4.48. The molecule has 1 aromatic rings. The quantitative estimate of drug-likeness (QED) is 0.839. The zero-order valence-corrected chi connectivity index (χ0v) is 13.5. The molecule has 1 aliphatic rings. The first kappa shape index (κ1) is 15.9. The highest BCUT2D eigenvalue weighted by atomic mass is 32.2. The molecule has 114 valence electrons. The highest BCUT2D eigenvalue weighted by Gasteiger charge is 2.33. The van der Waals surface area contributed by atoms with Gasteiger partial charge in [0.15, 0.2) is 5.12 Å². The third kappa shape index (κ3) is 4.49. The summed E-state index contributed by atoms with van der Waals surface area (Å²) in [6.45, 7) is 6.64. The Morgan fingerprint density at radius 3 is 2.71 bits per heavy atom. The molecule has 2 unspecified atom stereocenters. The molecule has 1 aliphatic heterocycles. The average Bonchev–Trinajstić information content (AvgIpc) is 2.77. The van der Waals surface area contributed by atoms with Gasteiger partial charge in [0.25, 0.3) is 0 Å². The normalized spacial score (nSPS) is 19.7. The summed E-state index contributed by atoms with van der Waals surface area (Å²) in [5, 5.41) is 0.148. The lowest BCUT2D eigenvalue weighted by molar-refractivity contribution is -0.129. The van der Waals surface area contributed by atoms with Gasteiger partial charge in [-0.3, -0.25) is 9.59 Å². The lowest BCUT2D eigenvalue weighted by Crippen LogP contribution is -2.38. The van der Waals surface area contributed by atoms with Gasteiger partial charge in [0.1, 0.15) is 12.4 Å². The minimum absolute atomic E-state index is 0.0105. The predicted molar refractivity (Wildman–Crippen MR) is 84.5 cm³/mol. The summed E-state index contributed by atoms with van der Waals surface area (Å²) in [4.78, 5) is 25.0. The number of hydrogen-bond acceptors (Lipinski definition) is 4. The minimum atomic E-state index is 0.0105. The first-order chi connectivity index (χ1) is 9.95. The highest BCUT2D eigenvalue weighted by molar-refractivity contribution is 8.14. The molecule has 0 spiro atoms. The predicted octanol–water partition coefficient (Wildman–Crippen LogP) is 2.64. The van der Waals surface area contributed by atoms with E-state index >= 15 is 0 Å². The van der Waals surface area contributed by atoms with E-state index in [1.165, 1.54) is 17.3 Å². The molecular formula is C16H21NO3S. The second kappa shape index (κ2) is 6.98. The van der Waals surface area contributed by atoms with Crippen molar-refractivity contribution < 1.29 is 14.3 Å². The second-order valence-corrected chi connectivity index (χ2v) is 6.93. The van der Waals surface area contributed by atoms with Crippen LogP contribution in [0.4, 0.5) is 0 Å². The van der Waals surface area contributed by atoms with Crippen molar-refractivity contribution in [1.82, 2.24) is 4.90 Å². The van der Waals surface area contributed by atoms with Crippen molar-refractivity contribution in [3.8, 4) is 5.75 Å². The molecule has 0 N–H and O–H groups in total. The number of carbonyl (C=O) groups excluding carboxylic acids is 2.